The summed E-state index contributed by atoms with van der Waals surface area (Å²) in [6.45, 7) is 4.39. The molecule has 0 aliphatic carbocycles. The van der Waals surface area contributed by atoms with Gasteiger partial charge < -0.3 is 19.1 Å². The lowest BCUT2D eigenvalue weighted by Crippen LogP contribution is -2.65. The Bertz CT molecular complexity index is 1110. The number of carbonyl (C=O) groups is 1. The summed E-state index contributed by atoms with van der Waals surface area (Å²) in [7, 11) is 0. The highest BCUT2D eigenvalue weighted by atomic mass is 79.9. The van der Waals surface area contributed by atoms with Crippen LogP contribution in [0.4, 0.5) is 0 Å². The molecule has 3 aliphatic heterocycles. The Labute approximate surface area is 215 Å². The van der Waals surface area contributed by atoms with Crippen LogP contribution >= 0.6 is 15.9 Å². The largest absolute Gasteiger partial charge is 0.488 e. The van der Waals surface area contributed by atoms with Crippen molar-refractivity contribution in [3.05, 3.63) is 101 Å². The number of benzene rings is 3. The number of ether oxygens (including phenoxy) is 2. The third kappa shape index (κ3) is 5.01. The lowest BCUT2D eigenvalue weighted by Gasteiger charge is -2.52. The molecule has 2 bridgehead atoms. The minimum Gasteiger partial charge on any atom is -0.488 e. The van der Waals surface area contributed by atoms with Gasteiger partial charge in [0.2, 0.25) is 5.60 Å². The van der Waals surface area contributed by atoms with Crippen molar-refractivity contribution in [2.75, 3.05) is 32.8 Å². The SMILES string of the molecule is O=C(OC1C[N+]2(CCOc3cccc(Br)c3)CCC1CC2)C(O)(c1ccccc1)c1ccccc1. The third-order valence-electron chi connectivity index (χ3n) is 7.61. The second-order valence-corrected chi connectivity index (χ2v) is 10.6. The molecule has 6 heteroatoms. The number of rotatable bonds is 8. The third-order valence-corrected chi connectivity index (χ3v) is 8.10. The van der Waals surface area contributed by atoms with Crippen LogP contribution in [0, 0.1) is 5.92 Å². The first-order valence-electron chi connectivity index (χ1n) is 12.3. The van der Waals surface area contributed by atoms with Crippen LogP contribution in [0.15, 0.2) is 89.4 Å². The monoisotopic (exact) mass is 536 g/mol. The maximum atomic E-state index is 13.6. The molecule has 3 heterocycles. The molecule has 0 spiro atoms. The molecule has 35 heavy (non-hydrogen) atoms. The molecule has 3 fully saturated rings. The number of quaternary nitrogens is 1. The summed E-state index contributed by atoms with van der Waals surface area (Å²) in [6.07, 6.45) is 1.82. The Kier molecular flexibility index (Phi) is 6.96. The van der Waals surface area contributed by atoms with Gasteiger partial charge in [-0.05, 0) is 29.3 Å². The van der Waals surface area contributed by atoms with E-state index in [9.17, 15) is 9.90 Å². The summed E-state index contributed by atoms with van der Waals surface area (Å²) in [5.41, 5.74) is -0.809. The maximum Gasteiger partial charge on any atom is 0.348 e. The van der Waals surface area contributed by atoms with Crippen LogP contribution < -0.4 is 4.74 Å². The van der Waals surface area contributed by atoms with E-state index in [2.05, 4.69) is 15.9 Å². The average molecular weight is 537 g/mol. The summed E-state index contributed by atoms with van der Waals surface area (Å²) in [5.74, 6) is 0.584. The van der Waals surface area contributed by atoms with E-state index in [1.165, 1.54) is 0 Å². The molecule has 3 aromatic carbocycles. The number of esters is 1. The van der Waals surface area contributed by atoms with Crippen molar-refractivity contribution in [2.24, 2.45) is 5.92 Å². The Morgan fingerprint density at radius 3 is 2.17 bits per heavy atom. The number of hydrogen-bond acceptors (Lipinski definition) is 4. The molecule has 6 rings (SSSR count). The fourth-order valence-corrected chi connectivity index (χ4v) is 5.95. The smallest absolute Gasteiger partial charge is 0.348 e. The zero-order valence-electron chi connectivity index (χ0n) is 19.7. The molecule has 1 atom stereocenters. The number of halogens is 1. The molecule has 0 aromatic heterocycles. The van der Waals surface area contributed by atoms with E-state index < -0.39 is 11.6 Å². The molecule has 1 N–H and O–H groups in total. The van der Waals surface area contributed by atoms with Gasteiger partial charge in [0.25, 0.3) is 0 Å². The number of aliphatic hydroxyl groups is 1. The summed E-state index contributed by atoms with van der Waals surface area (Å²) < 4.78 is 14.1. The molecule has 1 unspecified atom stereocenters. The average Bonchev–Trinajstić information content (AvgIpc) is 2.90. The second-order valence-electron chi connectivity index (χ2n) is 9.72. The van der Waals surface area contributed by atoms with E-state index >= 15 is 0 Å². The standard InChI is InChI=1S/C29H31BrNO4/c30-25-12-7-13-26(20-25)34-19-18-31-16-14-22(15-17-31)27(21-31)35-28(32)29(33,23-8-3-1-4-9-23)24-10-5-2-6-11-24/h1-13,20,22,27,33H,14-19,21H2/q+1. The van der Waals surface area contributed by atoms with E-state index in [-0.39, 0.29) is 6.10 Å². The van der Waals surface area contributed by atoms with E-state index in [0.717, 1.165) is 53.7 Å². The lowest BCUT2D eigenvalue weighted by atomic mass is 9.82. The maximum absolute atomic E-state index is 13.6. The number of fused-ring (bicyclic) bond motifs is 3. The van der Waals surface area contributed by atoms with Crippen molar-refractivity contribution >= 4 is 21.9 Å². The van der Waals surface area contributed by atoms with Crippen molar-refractivity contribution in [1.29, 1.82) is 0 Å². The minimum atomic E-state index is -1.84. The van der Waals surface area contributed by atoms with Crippen LogP contribution in [-0.2, 0) is 15.1 Å². The van der Waals surface area contributed by atoms with Gasteiger partial charge >= 0.3 is 5.97 Å². The molecule has 0 radical (unpaired) electrons. The van der Waals surface area contributed by atoms with Crippen molar-refractivity contribution in [1.82, 2.24) is 0 Å². The Hall–Kier alpha value is -2.67. The first-order chi connectivity index (χ1) is 17.0. The van der Waals surface area contributed by atoms with E-state index in [4.69, 9.17) is 9.47 Å². The van der Waals surface area contributed by atoms with E-state index in [1.807, 2.05) is 60.7 Å². The van der Waals surface area contributed by atoms with Crippen LogP contribution in [0.3, 0.4) is 0 Å². The van der Waals surface area contributed by atoms with Gasteiger partial charge in [-0.3, -0.25) is 0 Å². The normalized spacial score (nSPS) is 23.6. The van der Waals surface area contributed by atoms with E-state index in [1.54, 1.807) is 24.3 Å². The molecule has 3 aliphatic rings. The second kappa shape index (κ2) is 10.1. The van der Waals surface area contributed by atoms with Crippen LogP contribution in [-0.4, -0.2) is 54.4 Å². The first-order valence-corrected chi connectivity index (χ1v) is 13.1. The summed E-state index contributed by atoms with van der Waals surface area (Å²) in [4.78, 5) is 13.6. The molecule has 0 amide bonds. The highest BCUT2D eigenvalue weighted by molar-refractivity contribution is 9.10. The number of carbonyl (C=O) groups excluding carboxylic acids is 1. The lowest BCUT2D eigenvalue weighted by molar-refractivity contribution is -0.946. The summed E-state index contributed by atoms with van der Waals surface area (Å²) >= 11 is 3.49. The topological polar surface area (TPSA) is 55.8 Å². The summed E-state index contributed by atoms with van der Waals surface area (Å²) in [5, 5.41) is 11.8. The number of piperidine rings is 3. The van der Waals surface area contributed by atoms with Gasteiger partial charge in [0.1, 0.15) is 25.4 Å². The highest BCUT2D eigenvalue weighted by Gasteiger charge is 2.50. The van der Waals surface area contributed by atoms with Crippen LogP contribution in [0.5, 0.6) is 5.75 Å². The molecular weight excluding hydrogens is 506 g/mol. The molecule has 5 nitrogen and oxygen atoms in total. The fourth-order valence-electron chi connectivity index (χ4n) is 5.57. The van der Waals surface area contributed by atoms with Crippen molar-refractivity contribution in [2.45, 2.75) is 24.5 Å². The number of nitrogens with zero attached hydrogens (tertiary/aromatic N) is 1. The van der Waals surface area contributed by atoms with E-state index in [0.29, 0.717) is 23.7 Å². The molecular formula is C29H31BrNO4+. The van der Waals surface area contributed by atoms with Gasteiger partial charge in [-0.1, -0.05) is 82.7 Å². The van der Waals surface area contributed by atoms with Crippen LogP contribution in [0.2, 0.25) is 0 Å². The van der Waals surface area contributed by atoms with Crippen LogP contribution in [0.1, 0.15) is 24.0 Å². The molecule has 0 saturated carbocycles. The quantitative estimate of drug-likeness (QED) is 0.328. The highest BCUT2D eigenvalue weighted by Crippen LogP contribution is 2.38. The van der Waals surface area contributed by atoms with Gasteiger partial charge in [0, 0.05) is 23.2 Å². The molecule has 3 saturated heterocycles. The Morgan fingerprint density at radius 1 is 0.943 bits per heavy atom. The Morgan fingerprint density at radius 2 is 1.57 bits per heavy atom. The van der Waals surface area contributed by atoms with Gasteiger partial charge in [-0.2, -0.15) is 0 Å². The molecule has 182 valence electrons. The number of hydrogen-bond donors (Lipinski definition) is 1. The first kappa shape index (κ1) is 24.0. The Balaban J connectivity index is 1.30. The zero-order chi connectivity index (χ0) is 24.3. The van der Waals surface area contributed by atoms with Gasteiger partial charge in [-0.15, -0.1) is 0 Å². The summed E-state index contributed by atoms with van der Waals surface area (Å²) in [6, 6.07) is 26.1. The van der Waals surface area contributed by atoms with Crippen molar-refractivity contribution < 1.29 is 23.9 Å². The van der Waals surface area contributed by atoms with Crippen LogP contribution in [0.25, 0.3) is 0 Å². The minimum absolute atomic E-state index is 0.213. The fraction of sp³-hybridized carbons (Fsp3) is 0.345. The molecule has 3 aromatic rings. The predicted octanol–water partition coefficient (Wildman–Crippen LogP) is 4.92. The van der Waals surface area contributed by atoms with Crippen molar-refractivity contribution in [3.63, 3.8) is 0 Å². The van der Waals surface area contributed by atoms with Crippen molar-refractivity contribution in [3.8, 4) is 5.75 Å². The van der Waals surface area contributed by atoms with Gasteiger partial charge in [-0.25, -0.2) is 4.79 Å². The van der Waals surface area contributed by atoms with Gasteiger partial charge in [0.15, 0.2) is 6.10 Å². The van der Waals surface area contributed by atoms with Gasteiger partial charge in [0.05, 0.1) is 13.1 Å². The zero-order valence-corrected chi connectivity index (χ0v) is 21.3. The predicted molar refractivity (Wildman–Crippen MR) is 138 cm³/mol.